The van der Waals surface area contributed by atoms with E-state index in [0.29, 0.717) is 0 Å². The Morgan fingerprint density at radius 2 is 1.58 bits per heavy atom. The van der Waals surface area contributed by atoms with E-state index in [4.69, 9.17) is 11.6 Å². The minimum atomic E-state index is 0.794. The van der Waals surface area contributed by atoms with Crippen molar-refractivity contribution in [3.05, 3.63) is 35.4 Å². The lowest BCUT2D eigenvalue weighted by molar-refractivity contribution is 1.46. The molecule has 0 nitrogen and oxygen atoms in total. The molecule has 1 aromatic carbocycles. The van der Waals surface area contributed by atoms with E-state index in [-0.39, 0.29) is 0 Å². The van der Waals surface area contributed by atoms with Gasteiger partial charge in [-0.2, -0.15) is 11.8 Å². The molecule has 0 heterocycles. The summed E-state index contributed by atoms with van der Waals surface area (Å²) in [7, 11) is 0. The van der Waals surface area contributed by atoms with Crippen molar-refractivity contribution in [3.63, 3.8) is 0 Å². The minimum absolute atomic E-state index is 0.794. The van der Waals surface area contributed by atoms with E-state index in [2.05, 4.69) is 13.8 Å². The highest BCUT2D eigenvalue weighted by atomic mass is 35.5. The van der Waals surface area contributed by atoms with E-state index in [9.17, 15) is 0 Å². The fraction of sp³-hybridized carbons (Fsp3) is 0.400. The molecule has 0 aromatic heterocycles. The Bertz CT molecular complexity index is 172. The molecule has 0 atom stereocenters. The standard InChI is InChI=1S/C6H5Cl.C4H10S/c7-6-4-2-1-3-5-6;1-3-5-4-2/h1-5H;3-4H2,1-2H3. The molecule has 0 aliphatic carbocycles. The molecule has 1 aromatic rings. The second-order valence-corrected chi connectivity index (χ2v) is 4.08. The monoisotopic (exact) mass is 202 g/mol. The Labute approximate surface area is 84.3 Å². The second kappa shape index (κ2) is 8.95. The van der Waals surface area contributed by atoms with Crippen LogP contribution < -0.4 is 0 Å². The topological polar surface area (TPSA) is 0 Å². The first kappa shape index (κ1) is 11.9. The zero-order valence-corrected chi connectivity index (χ0v) is 9.16. The fourth-order valence-electron chi connectivity index (χ4n) is 0.619. The van der Waals surface area contributed by atoms with Gasteiger partial charge in [0, 0.05) is 5.02 Å². The SMILES string of the molecule is CCSCC.Clc1ccccc1. The molecule has 12 heavy (non-hydrogen) atoms. The molecule has 2 heteroatoms. The molecule has 0 saturated carbocycles. The molecule has 0 fully saturated rings. The van der Waals surface area contributed by atoms with Crippen molar-refractivity contribution in [2.45, 2.75) is 13.8 Å². The summed E-state index contributed by atoms with van der Waals surface area (Å²) in [6, 6.07) is 9.44. The average molecular weight is 203 g/mol. The van der Waals surface area contributed by atoms with Gasteiger partial charge in [-0.05, 0) is 23.6 Å². The molecule has 0 unspecified atom stereocenters. The van der Waals surface area contributed by atoms with Gasteiger partial charge in [0.1, 0.15) is 0 Å². The maximum atomic E-state index is 5.54. The Morgan fingerprint density at radius 1 is 1.08 bits per heavy atom. The van der Waals surface area contributed by atoms with Gasteiger partial charge in [0.25, 0.3) is 0 Å². The Balaban J connectivity index is 0.000000217. The number of hydrogen-bond donors (Lipinski definition) is 0. The Hall–Kier alpha value is -0.140. The number of rotatable bonds is 2. The van der Waals surface area contributed by atoms with E-state index in [0.717, 1.165) is 5.02 Å². The Kier molecular flexibility index (Phi) is 8.85. The molecule has 0 N–H and O–H groups in total. The third-order valence-corrected chi connectivity index (χ3v) is 2.21. The molecule has 0 aliphatic rings. The van der Waals surface area contributed by atoms with Crippen LogP contribution in [0.2, 0.25) is 5.02 Å². The highest BCUT2D eigenvalue weighted by Gasteiger charge is 1.74. The average Bonchev–Trinajstić information content (AvgIpc) is 2.08. The summed E-state index contributed by atoms with van der Waals surface area (Å²) in [5.41, 5.74) is 0. The van der Waals surface area contributed by atoms with Crippen molar-refractivity contribution >= 4 is 23.4 Å². The smallest absolute Gasteiger partial charge is 0.0405 e. The number of thioether (sulfide) groups is 1. The normalized spacial score (nSPS) is 8.58. The van der Waals surface area contributed by atoms with E-state index in [1.807, 2.05) is 42.1 Å². The van der Waals surface area contributed by atoms with E-state index < -0.39 is 0 Å². The summed E-state index contributed by atoms with van der Waals surface area (Å²) < 4.78 is 0. The van der Waals surface area contributed by atoms with Crippen molar-refractivity contribution in [2.24, 2.45) is 0 Å². The van der Waals surface area contributed by atoms with Crippen LogP contribution in [-0.4, -0.2) is 11.5 Å². The molecule has 0 bridgehead atoms. The first-order valence-electron chi connectivity index (χ1n) is 4.09. The van der Waals surface area contributed by atoms with Gasteiger partial charge in [-0.15, -0.1) is 0 Å². The molecule has 0 aliphatic heterocycles. The van der Waals surface area contributed by atoms with Crippen molar-refractivity contribution in [2.75, 3.05) is 11.5 Å². The van der Waals surface area contributed by atoms with Crippen LogP contribution in [0.25, 0.3) is 0 Å². The summed E-state index contributed by atoms with van der Waals surface area (Å²) >= 11 is 7.50. The quantitative estimate of drug-likeness (QED) is 0.696. The summed E-state index contributed by atoms with van der Waals surface area (Å²) in [5, 5.41) is 0.794. The number of halogens is 1. The van der Waals surface area contributed by atoms with Crippen molar-refractivity contribution in [1.82, 2.24) is 0 Å². The zero-order chi connectivity index (χ0) is 9.23. The molecular formula is C10H15ClS. The maximum absolute atomic E-state index is 5.54. The highest BCUT2D eigenvalue weighted by Crippen LogP contribution is 2.03. The lowest BCUT2D eigenvalue weighted by atomic mass is 10.4. The maximum Gasteiger partial charge on any atom is 0.0405 e. The third kappa shape index (κ3) is 7.96. The third-order valence-electron chi connectivity index (χ3n) is 1.14. The summed E-state index contributed by atoms with van der Waals surface area (Å²) in [6.07, 6.45) is 0. The van der Waals surface area contributed by atoms with Crippen molar-refractivity contribution in [1.29, 1.82) is 0 Å². The molecule has 0 saturated heterocycles. The van der Waals surface area contributed by atoms with Crippen LogP contribution in [-0.2, 0) is 0 Å². The first-order valence-corrected chi connectivity index (χ1v) is 5.62. The first-order chi connectivity index (χ1) is 5.81. The molecule has 68 valence electrons. The van der Waals surface area contributed by atoms with Crippen LogP contribution in [0.1, 0.15) is 13.8 Å². The summed E-state index contributed by atoms with van der Waals surface area (Å²) in [4.78, 5) is 0. The van der Waals surface area contributed by atoms with Crippen LogP contribution in [0, 0.1) is 0 Å². The van der Waals surface area contributed by atoms with Gasteiger partial charge >= 0.3 is 0 Å². The van der Waals surface area contributed by atoms with Gasteiger partial charge in [0.2, 0.25) is 0 Å². The van der Waals surface area contributed by atoms with Crippen LogP contribution in [0.15, 0.2) is 30.3 Å². The van der Waals surface area contributed by atoms with E-state index >= 15 is 0 Å². The zero-order valence-electron chi connectivity index (χ0n) is 7.59. The second-order valence-electron chi connectivity index (χ2n) is 2.08. The summed E-state index contributed by atoms with van der Waals surface area (Å²) in [6.45, 7) is 4.35. The molecule has 0 amide bonds. The largest absolute Gasteiger partial charge is 0.163 e. The van der Waals surface area contributed by atoms with Crippen LogP contribution >= 0.6 is 23.4 Å². The predicted molar refractivity (Wildman–Crippen MR) is 60.1 cm³/mol. The number of benzene rings is 1. The van der Waals surface area contributed by atoms with Gasteiger partial charge in [0.05, 0.1) is 0 Å². The predicted octanol–water partition coefficient (Wildman–Crippen LogP) is 4.10. The molecular weight excluding hydrogens is 188 g/mol. The minimum Gasteiger partial charge on any atom is -0.163 e. The molecule has 0 spiro atoms. The number of hydrogen-bond acceptors (Lipinski definition) is 1. The molecule has 0 radical (unpaired) electrons. The fourth-order valence-corrected chi connectivity index (χ4v) is 1.17. The van der Waals surface area contributed by atoms with Gasteiger partial charge in [-0.1, -0.05) is 43.6 Å². The van der Waals surface area contributed by atoms with Gasteiger partial charge in [-0.3, -0.25) is 0 Å². The van der Waals surface area contributed by atoms with Crippen LogP contribution in [0.3, 0.4) is 0 Å². The van der Waals surface area contributed by atoms with Crippen molar-refractivity contribution < 1.29 is 0 Å². The summed E-state index contributed by atoms with van der Waals surface area (Å²) in [5.74, 6) is 2.52. The lowest BCUT2D eigenvalue weighted by Gasteiger charge is -1.80. The van der Waals surface area contributed by atoms with Crippen LogP contribution in [0.4, 0.5) is 0 Å². The Morgan fingerprint density at radius 3 is 1.75 bits per heavy atom. The van der Waals surface area contributed by atoms with Gasteiger partial charge in [-0.25, -0.2) is 0 Å². The lowest BCUT2D eigenvalue weighted by Crippen LogP contribution is -1.64. The van der Waals surface area contributed by atoms with Crippen LogP contribution in [0.5, 0.6) is 0 Å². The van der Waals surface area contributed by atoms with E-state index in [1.54, 1.807) is 0 Å². The van der Waals surface area contributed by atoms with Gasteiger partial charge < -0.3 is 0 Å². The molecule has 1 rings (SSSR count). The van der Waals surface area contributed by atoms with Crippen molar-refractivity contribution in [3.8, 4) is 0 Å². The highest BCUT2D eigenvalue weighted by molar-refractivity contribution is 7.99. The van der Waals surface area contributed by atoms with Gasteiger partial charge in [0.15, 0.2) is 0 Å². The van der Waals surface area contributed by atoms with E-state index in [1.165, 1.54) is 11.5 Å².